The zero-order valence-corrected chi connectivity index (χ0v) is 31.6. The van der Waals surface area contributed by atoms with E-state index >= 15 is 0 Å². The van der Waals surface area contributed by atoms with E-state index in [2.05, 4.69) is 27.7 Å². The fraction of sp³-hybridized carbons (Fsp3) is 1.00. The van der Waals surface area contributed by atoms with E-state index in [1.165, 1.54) is 0 Å². The van der Waals surface area contributed by atoms with Gasteiger partial charge in [-0.3, -0.25) is 0 Å². The minimum atomic E-state index is -1.73. The highest BCUT2D eigenvalue weighted by atomic mass is 16.8. The average molecular weight is 757 g/mol. The molecule has 8 N–H and O–H groups in total. The summed E-state index contributed by atoms with van der Waals surface area (Å²) in [6.07, 6.45) is -7.30. The first-order valence-corrected chi connectivity index (χ1v) is 20.4. The third kappa shape index (κ3) is 6.11. The first kappa shape index (κ1) is 39.3. The van der Waals surface area contributed by atoms with Gasteiger partial charge in [0.25, 0.3) is 0 Å². The monoisotopic (exact) mass is 756 g/mol. The van der Waals surface area contributed by atoms with Crippen molar-refractivity contribution in [3.8, 4) is 0 Å². The van der Waals surface area contributed by atoms with E-state index in [9.17, 15) is 40.9 Å². The second-order valence-corrected chi connectivity index (χ2v) is 18.8. The minimum absolute atomic E-state index is 0.0208. The number of aliphatic hydroxyl groups is 8. The van der Waals surface area contributed by atoms with E-state index in [1.54, 1.807) is 0 Å². The third-order valence-electron chi connectivity index (χ3n) is 16.2. The molecular formula is C39H64O14. The largest absolute Gasteiger partial charge is 0.394 e. The van der Waals surface area contributed by atoms with Crippen LogP contribution in [0.25, 0.3) is 0 Å². The second kappa shape index (κ2) is 14.4. The Balaban J connectivity index is 0.956. The molecule has 8 aliphatic rings. The molecule has 0 bridgehead atoms. The Bertz CT molecular complexity index is 1300. The Kier molecular flexibility index (Phi) is 10.6. The fourth-order valence-corrected chi connectivity index (χ4v) is 13.2. The Morgan fingerprint density at radius 3 is 2.02 bits per heavy atom. The maximum atomic E-state index is 12.1. The van der Waals surface area contributed by atoms with Crippen molar-refractivity contribution in [1.29, 1.82) is 0 Å². The number of rotatable bonds is 6. The molecule has 4 unspecified atom stereocenters. The van der Waals surface area contributed by atoms with Crippen LogP contribution >= 0.6 is 0 Å². The van der Waals surface area contributed by atoms with Crippen LogP contribution in [0, 0.1) is 52.3 Å². The summed E-state index contributed by atoms with van der Waals surface area (Å²) in [4.78, 5) is 0. The maximum absolute atomic E-state index is 12.1. The highest BCUT2D eigenvalue weighted by Gasteiger charge is 2.72. The summed E-state index contributed by atoms with van der Waals surface area (Å²) in [6.45, 7) is 8.83. The normalized spacial score (nSPS) is 59.5. The van der Waals surface area contributed by atoms with Gasteiger partial charge in [0.15, 0.2) is 18.4 Å². The molecular weight excluding hydrogens is 692 g/mol. The first-order valence-electron chi connectivity index (χ1n) is 20.4. The molecule has 1 spiro atoms. The molecule has 4 saturated heterocycles. The summed E-state index contributed by atoms with van der Waals surface area (Å²) < 4.78 is 37.3. The van der Waals surface area contributed by atoms with Crippen molar-refractivity contribution in [3.05, 3.63) is 0 Å². The van der Waals surface area contributed by atoms with Crippen molar-refractivity contribution < 1.29 is 69.3 Å². The van der Waals surface area contributed by atoms with Crippen LogP contribution in [0.4, 0.5) is 0 Å². The van der Waals surface area contributed by atoms with Gasteiger partial charge in [-0.1, -0.05) is 27.7 Å². The number of fused-ring (bicyclic) bond motifs is 7. The number of hydrogen-bond donors (Lipinski definition) is 8. The van der Waals surface area contributed by atoms with E-state index in [4.69, 9.17) is 28.4 Å². The van der Waals surface area contributed by atoms with Gasteiger partial charge in [0.2, 0.25) is 0 Å². The zero-order valence-electron chi connectivity index (χ0n) is 31.6. The van der Waals surface area contributed by atoms with Gasteiger partial charge in [0, 0.05) is 18.3 Å². The highest BCUT2D eigenvalue weighted by molar-refractivity contribution is 5.18. The number of aliphatic hydroxyl groups excluding tert-OH is 8. The molecule has 0 aromatic rings. The lowest BCUT2D eigenvalue weighted by Crippen LogP contribution is -2.65. The van der Waals surface area contributed by atoms with Gasteiger partial charge in [-0.05, 0) is 91.8 Å². The Morgan fingerprint density at radius 1 is 0.660 bits per heavy atom. The van der Waals surface area contributed by atoms with Gasteiger partial charge in [0.05, 0.1) is 38.1 Å². The number of ether oxygens (including phenoxy) is 6. The van der Waals surface area contributed by atoms with Crippen molar-refractivity contribution in [2.45, 2.75) is 171 Å². The average Bonchev–Trinajstić information content (AvgIpc) is 3.55. The zero-order chi connectivity index (χ0) is 37.8. The van der Waals surface area contributed by atoms with E-state index in [0.29, 0.717) is 36.7 Å². The predicted molar refractivity (Wildman–Crippen MR) is 184 cm³/mol. The van der Waals surface area contributed by atoms with Gasteiger partial charge in [0.1, 0.15) is 48.8 Å². The smallest absolute Gasteiger partial charge is 0.187 e. The van der Waals surface area contributed by atoms with Gasteiger partial charge in [-0.25, -0.2) is 0 Å². The molecule has 0 radical (unpaired) electrons. The SMILES string of the molecule is C[C@@H]1CC[C@]2(OC1)O[C@@H]1C([C@H]2C)[C@]2(C)CCC3C(CC[C@H]4C[C@H](O[C@H]5O[C@@H](CO)[C@H](O)[C@@H](O)[C@@H]5O[C@H]5O[C@@H](CO)[C@H](O)[C@@H](O)[C@@H]5O)CC[C@@]34C)C2[C@@H]1O. The molecule has 23 atom stereocenters. The van der Waals surface area contributed by atoms with Crippen molar-refractivity contribution >= 4 is 0 Å². The van der Waals surface area contributed by atoms with E-state index in [0.717, 1.165) is 51.4 Å². The lowest BCUT2D eigenvalue weighted by molar-refractivity contribution is -0.373. The van der Waals surface area contributed by atoms with E-state index in [1.807, 2.05) is 0 Å². The van der Waals surface area contributed by atoms with Crippen molar-refractivity contribution in [2.24, 2.45) is 52.3 Å². The molecule has 53 heavy (non-hydrogen) atoms. The van der Waals surface area contributed by atoms with Gasteiger partial charge in [-0.2, -0.15) is 0 Å². The molecule has 4 saturated carbocycles. The van der Waals surface area contributed by atoms with Gasteiger partial charge < -0.3 is 69.3 Å². The Hall–Kier alpha value is -0.560. The molecule has 14 nitrogen and oxygen atoms in total. The van der Waals surface area contributed by atoms with Crippen molar-refractivity contribution in [3.63, 3.8) is 0 Å². The van der Waals surface area contributed by atoms with Crippen LogP contribution in [0.3, 0.4) is 0 Å². The van der Waals surface area contributed by atoms with Gasteiger partial charge >= 0.3 is 0 Å². The fourth-order valence-electron chi connectivity index (χ4n) is 13.2. The molecule has 0 aromatic carbocycles. The summed E-state index contributed by atoms with van der Waals surface area (Å²) in [7, 11) is 0. The topological polar surface area (TPSA) is 217 Å². The van der Waals surface area contributed by atoms with E-state index in [-0.39, 0.29) is 40.8 Å². The standard InChI is InChI=1S/C39H64O14/c1-17-7-12-39(48-16-17)18(2)25-33(53-39)29(44)26-21-6-5-19-13-20(8-10-37(19,3)22(21)9-11-38(25,26)4)49-36-34(31(46)28(43)24(15-41)51-36)52-35-32(47)30(45)27(42)23(14-40)50-35/h17-36,40-47H,5-16H2,1-4H3/t17-,18-,19+,20-,21?,22?,23+,24+,25?,26?,27+,28+,29+,30-,31-,32+,33-,34+,35-,36+,37-,38+,39+/m1/s1. The summed E-state index contributed by atoms with van der Waals surface area (Å²) in [5.74, 6) is 1.79. The van der Waals surface area contributed by atoms with Gasteiger partial charge in [-0.15, -0.1) is 0 Å². The Labute approximate surface area is 312 Å². The molecule has 4 heterocycles. The molecule has 0 aromatic heterocycles. The van der Waals surface area contributed by atoms with Crippen LogP contribution in [0.2, 0.25) is 0 Å². The first-order chi connectivity index (χ1) is 25.2. The highest BCUT2D eigenvalue weighted by Crippen LogP contribution is 2.71. The van der Waals surface area contributed by atoms with Crippen LogP contribution in [0.1, 0.15) is 85.5 Å². The molecule has 14 heteroatoms. The lowest BCUT2D eigenvalue weighted by atomic mass is 9.44. The molecule has 0 amide bonds. The molecule has 304 valence electrons. The second-order valence-electron chi connectivity index (χ2n) is 18.8. The molecule has 8 rings (SSSR count). The lowest BCUT2D eigenvalue weighted by Gasteiger charge is -2.61. The van der Waals surface area contributed by atoms with Crippen LogP contribution in [0.15, 0.2) is 0 Å². The number of hydrogen-bond acceptors (Lipinski definition) is 14. The van der Waals surface area contributed by atoms with Crippen LogP contribution in [-0.4, -0.2) is 146 Å². The molecule has 4 aliphatic carbocycles. The van der Waals surface area contributed by atoms with Crippen LogP contribution in [-0.2, 0) is 28.4 Å². The van der Waals surface area contributed by atoms with Crippen molar-refractivity contribution in [1.82, 2.24) is 0 Å². The summed E-state index contributed by atoms with van der Waals surface area (Å²) >= 11 is 0. The Morgan fingerprint density at radius 2 is 1.34 bits per heavy atom. The minimum Gasteiger partial charge on any atom is -0.394 e. The summed E-state index contributed by atoms with van der Waals surface area (Å²) in [6, 6.07) is 0. The quantitative estimate of drug-likeness (QED) is 0.173. The third-order valence-corrected chi connectivity index (χ3v) is 16.2. The predicted octanol–water partition coefficient (Wildman–Crippen LogP) is 0.413. The summed E-state index contributed by atoms with van der Waals surface area (Å²) in [5.41, 5.74) is 0.0217. The molecule has 4 aliphatic heterocycles. The maximum Gasteiger partial charge on any atom is 0.187 e. The van der Waals surface area contributed by atoms with Crippen LogP contribution in [0.5, 0.6) is 0 Å². The molecule has 8 fully saturated rings. The summed E-state index contributed by atoms with van der Waals surface area (Å²) in [5, 5.41) is 84.8. The van der Waals surface area contributed by atoms with E-state index < -0.39 is 86.5 Å². The van der Waals surface area contributed by atoms with Crippen LogP contribution < -0.4 is 0 Å². The van der Waals surface area contributed by atoms with Crippen molar-refractivity contribution in [2.75, 3.05) is 19.8 Å².